The van der Waals surface area contributed by atoms with Gasteiger partial charge >= 0.3 is 0 Å². The van der Waals surface area contributed by atoms with Crippen LogP contribution in [0.1, 0.15) is 46.5 Å². The third-order valence-electron chi connectivity index (χ3n) is 6.83. The van der Waals surface area contributed by atoms with Crippen molar-refractivity contribution in [3.63, 3.8) is 0 Å². The second kappa shape index (κ2) is 9.94. The molecule has 192 valence electrons. The van der Waals surface area contributed by atoms with Crippen LogP contribution in [0.15, 0.2) is 30.7 Å². The van der Waals surface area contributed by atoms with Crippen LogP contribution in [-0.4, -0.2) is 77.1 Å². The lowest BCUT2D eigenvalue weighted by molar-refractivity contribution is 0.0500. The molecule has 0 aliphatic carbocycles. The summed E-state index contributed by atoms with van der Waals surface area (Å²) >= 11 is 0. The Labute approximate surface area is 209 Å². The quantitative estimate of drug-likeness (QED) is 0.428. The number of ether oxygens (including phenoxy) is 1. The van der Waals surface area contributed by atoms with Gasteiger partial charge in [0.1, 0.15) is 24.4 Å². The lowest BCUT2D eigenvalue weighted by atomic mass is 9.84. The molecular formula is C24H32FN9O2. The van der Waals surface area contributed by atoms with Crippen LogP contribution in [0.5, 0.6) is 5.75 Å². The van der Waals surface area contributed by atoms with E-state index in [4.69, 9.17) is 4.74 Å². The van der Waals surface area contributed by atoms with Gasteiger partial charge in [0.25, 0.3) is 0 Å². The Hall–Kier alpha value is -3.38. The number of aliphatic hydroxyl groups excluding tert-OH is 1. The lowest BCUT2D eigenvalue weighted by Gasteiger charge is -2.47. The standard InChI is InChI=1S/C24H32FN9O2/c1-15(35)13-36-21-7-6-16(10-20(21)34-14-27-31-32-34)29-23-26-12-19(25)22(30-23)28-17-9-18-5-4-8-33(18)24(2,3)11-17/h6-7,10,12,14-15,17-18,35H,4-5,8-9,11,13H2,1-3H3,(H2,26,28,29,30). The van der Waals surface area contributed by atoms with Crippen LogP contribution in [0.25, 0.3) is 5.69 Å². The topological polar surface area (TPSA) is 126 Å². The molecule has 11 nitrogen and oxygen atoms in total. The number of tetrazole rings is 1. The first-order chi connectivity index (χ1) is 17.3. The highest BCUT2D eigenvalue weighted by Crippen LogP contribution is 2.38. The highest BCUT2D eigenvalue weighted by molar-refractivity contribution is 5.62. The molecule has 1 aromatic carbocycles. The van der Waals surface area contributed by atoms with Gasteiger partial charge in [-0.3, -0.25) is 4.90 Å². The largest absolute Gasteiger partial charge is 0.489 e. The zero-order valence-corrected chi connectivity index (χ0v) is 20.7. The van der Waals surface area contributed by atoms with Crippen molar-refractivity contribution < 1.29 is 14.2 Å². The van der Waals surface area contributed by atoms with E-state index in [9.17, 15) is 9.50 Å². The molecule has 0 radical (unpaired) electrons. The average molecular weight is 498 g/mol. The normalized spacial score (nSPS) is 22.1. The van der Waals surface area contributed by atoms with E-state index in [2.05, 4.69) is 54.9 Å². The third kappa shape index (κ3) is 5.24. The molecule has 2 aromatic heterocycles. The van der Waals surface area contributed by atoms with Crippen molar-refractivity contribution in [2.45, 2.75) is 70.2 Å². The van der Waals surface area contributed by atoms with Crippen LogP contribution >= 0.6 is 0 Å². The average Bonchev–Trinajstić information content (AvgIpc) is 3.53. The van der Waals surface area contributed by atoms with Gasteiger partial charge in [0.15, 0.2) is 11.6 Å². The number of aliphatic hydroxyl groups is 1. The van der Waals surface area contributed by atoms with Gasteiger partial charge < -0.3 is 20.5 Å². The van der Waals surface area contributed by atoms with Gasteiger partial charge in [-0.25, -0.2) is 9.37 Å². The molecule has 0 bridgehead atoms. The van der Waals surface area contributed by atoms with E-state index in [0.29, 0.717) is 23.2 Å². The van der Waals surface area contributed by atoms with Gasteiger partial charge in [-0.2, -0.15) is 9.67 Å². The van der Waals surface area contributed by atoms with Crippen LogP contribution in [0.3, 0.4) is 0 Å². The number of aromatic nitrogens is 6. The first-order valence-corrected chi connectivity index (χ1v) is 12.3. The Morgan fingerprint density at radius 1 is 1.33 bits per heavy atom. The van der Waals surface area contributed by atoms with E-state index in [-0.39, 0.29) is 30.0 Å². The summed E-state index contributed by atoms with van der Waals surface area (Å²) in [6, 6.07) is 5.94. The minimum absolute atomic E-state index is 0.0614. The summed E-state index contributed by atoms with van der Waals surface area (Å²) in [6.07, 6.45) is 6.28. The molecule has 2 aliphatic rings. The van der Waals surface area contributed by atoms with Gasteiger partial charge in [-0.15, -0.1) is 5.10 Å². The Kier molecular flexibility index (Phi) is 6.71. The van der Waals surface area contributed by atoms with Crippen LogP contribution in [0.2, 0.25) is 0 Å². The molecule has 0 spiro atoms. The molecule has 2 aliphatic heterocycles. The van der Waals surface area contributed by atoms with Crippen LogP contribution in [0.4, 0.5) is 21.8 Å². The molecule has 3 aromatic rings. The minimum Gasteiger partial charge on any atom is -0.489 e. The molecule has 2 saturated heterocycles. The number of hydrogen-bond donors (Lipinski definition) is 3. The molecule has 2 fully saturated rings. The molecule has 12 heteroatoms. The predicted octanol–water partition coefficient (Wildman–Crippen LogP) is 2.91. The highest BCUT2D eigenvalue weighted by atomic mass is 19.1. The summed E-state index contributed by atoms with van der Waals surface area (Å²) in [6.45, 7) is 7.42. The molecular weight excluding hydrogens is 465 g/mol. The number of hydrogen-bond acceptors (Lipinski definition) is 10. The van der Waals surface area contributed by atoms with Crippen LogP contribution in [0, 0.1) is 5.82 Å². The molecule has 3 unspecified atom stereocenters. The summed E-state index contributed by atoms with van der Waals surface area (Å²) in [5, 5.41) is 27.4. The van der Waals surface area contributed by atoms with Crippen molar-refractivity contribution in [1.29, 1.82) is 0 Å². The first-order valence-electron chi connectivity index (χ1n) is 12.3. The maximum Gasteiger partial charge on any atom is 0.229 e. The van der Waals surface area contributed by atoms with Crippen molar-refractivity contribution in [3.05, 3.63) is 36.5 Å². The van der Waals surface area contributed by atoms with Gasteiger partial charge in [0, 0.05) is 23.3 Å². The maximum absolute atomic E-state index is 14.7. The summed E-state index contributed by atoms with van der Waals surface area (Å²) in [4.78, 5) is 11.2. The van der Waals surface area contributed by atoms with E-state index in [0.717, 1.165) is 19.4 Å². The monoisotopic (exact) mass is 497 g/mol. The number of anilines is 3. The van der Waals surface area contributed by atoms with Crippen molar-refractivity contribution in [2.24, 2.45) is 0 Å². The first kappa shape index (κ1) is 24.3. The number of halogens is 1. The third-order valence-corrected chi connectivity index (χ3v) is 6.83. The zero-order chi connectivity index (χ0) is 25.3. The summed E-state index contributed by atoms with van der Waals surface area (Å²) in [5.41, 5.74) is 1.27. The zero-order valence-electron chi connectivity index (χ0n) is 20.7. The van der Waals surface area contributed by atoms with Crippen molar-refractivity contribution >= 4 is 17.5 Å². The molecule has 0 saturated carbocycles. The number of fused-ring (bicyclic) bond motifs is 1. The molecule has 5 rings (SSSR count). The Morgan fingerprint density at radius 2 is 2.19 bits per heavy atom. The number of piperidine rings is 1. The Morgan fingerprint density at radius 3 is 2.97 bits per heavy atom. The maximum atomic E-state index is 14.7. The van der Waals surface area contributed by atoms with E-state index < -0.39 is 11.9 Å². The second-order valence-corrected chi connectivity index (χ2v) is 10.2. The predicted molar refractivity (Wildman–Crippen MR) is 132 cm³/mol. The van der Waals surface area contributed by atoms with Crippen LogP contribution < -0.4 is 15.4 Å². The van der Waals surface area contributed by atoms with Crippen molar-refractivity contribution in [1.82, 2.24) is 35.1 Å². The van der Waals surface area contributed by atoms with Gasteiger partial charge in [0.05, 0.1) is 12.3 Å². The highest BCUT2D eigenvalue weighted by Gasteiger charge is 2.43. The smallest absolute Gasteiger partial charge is 0.229 e. The second-order valence-electron chi connectivity index (χ2n) is 10.2. The van der Waals surface area contributed by atoms with Gasteiger partial charge in [-0.05, 0) is 81.6 Å². The fourth-order valence-electron chi connectivity index (χ4n) is 5.35. The van der Waals surface area contributed by atoms with Crippen molar-refractivity contribution in [3.8, 4) is 11.4 Å². The SMILES string of the molecule is CC(O)COc1ccc(Nc2ncc(F)c(NC3CC4CCCN4C(C)(C)C3)n2)cc1-n1cnnn1. The molecule has 0 amide bonds. The van der Waals surface area contributed by atoms with E-state index in [1.165, 1.54) is 30.0 Å². The summed E-state index contributed by atoms with van der Waals surface area (Å²) in [5.74, 6) is 0.467. The van der Waals surface area contributed by atoms with Crippen molar-refractivity contribution in [2.75, 3.05) is 23.8 Å². The number of rotatable bonds is 8. The summed E-state index contributed by atoms with van der Waals surface area (Å²) in [7, 11) is 0. The molecule has 3 atom stereocenters. The molecule has 3 N–H and O–H groups in total. The van der Waals surface area contributed by atoms with Gasteiger partial charge in [0.2, 0.25) is 5.95 Å². The lowest BCUT2D eigenvalue weighted by Crippen LogP contribution is -2.55. The number of nitrogens with zero attached hydrogens (tertiary/aromatic N) is 7. The van der Waals surface area contributed by atoms with E-state index >= 15 is 0 Å². The molecule has 36 heavy (non-hydrogen) atoms. The summed E-state index contributed by atoms with van der Waals surface area (Å²) < 4.78 is 21.9. The fourth-order valence-corrected chi connectivity index (χ4v) is 5.35. The number of benzene rings is 1. The fraction of sp³-hybridized carbons (Fsp3) is 0.542. The van der Waals surface area contributed by atoms with E-state index in [1.54, 1.807) is 25.1 Å². The Bertz CT molecular complexity index is 1190. The minimum atomic E-state index is -0.630. The Balaban J connectivity index is 1.34. The molecule has 4 heterocycles. The number of nitrogens with one attached hydrogen (secondary N) is 2. The van der Waals surface area contributed by atoms with Crippen LogP contribution in [-0.2, 0) is 0 Å². The van der Waals surface area contributed by atoms with Gasteiger partial charge in [-0.1, -0.05) is 0 Å². The van der Waals surface area contributed by atoms with E-state index in [1.807, 2.05) is 0 Å².